The largest absolute Gasteiger partial charge is 0.309 e. The van der Waals surface area contributed by atoms with Gasteiger partial charge in [-0.15, -0.1) is 11.3 Å². The quantitative estimate of drug-likeness (QED) is 0.158. The third-order valence-corrected chi connectivity index (χ3v) is 12.6. The van der Waals surface area contributed by atoms with E-state index in [1.165, 1.54) is 92.0 Å². The highest BCUT2D eigenvalue weighted by Crippen LogP contribution is 2.44. The van der Waals surface area contributed by atoms with E-state index in [4.69, 9.17) is 0 Å². The van der Waals surface area contributed by atoms with E-state index >= 15 is 0 Å². The second-order valence-electron chi connectivity index (χ2n) is 14.4. The second kappa shape index (κ2) is 12.1. The van der Waals surface area contributed by atoms with E-state index < -0.39 is 0 Å². The van der Waals surface area contributed by atoms with Crippen molar-refractivity contribution in [3.8, 4) is 11.4 Å². The van der Waals surface area contributed by atoms with Gasteiger partial charge in [0.1, 0.15) is 5.65 Å². The van der Waals surface area contributed by atoms with Gasteiger partial charge in [0.05, 0.1) is 22.1 Å². The van der Waals surface area contributed by atoms with Gasteiger partial charge in [0.15, 0.2) is 0 Å². The minimum absolute atomic E-state index is 1.04. The molecule has 0 radical (unpaired) electrons. The van der Waals surface area contributed by atoms with E-state index in [9.17, 15) is 0 Å². The molecule has 6 aromatic carbocycles. The predicted octanol–water partition coefficient (Wildman–Crippen LogP) is 14.0. The summed E-state index contributed by atoms with van der Waals surface area (Å²) in [7, 11) is 0. The van der Waals surface area contributed by atoms with Crippen molar-refractivity contribution in [3.05, 3.63) is 174 Å². The van der Waals surface area contributed by atoms with E-state index in [0.29, 0.717) is 0 Å². The molecule has 0 amide bonds. The lowest BCUT2D eigenvalue weighted by Crippen LogP contribution is -2.03. The van der Waals surface area contributed by atoms with Crippen molar-refractivity contribution in [1.82, 2.24) is 13.7 Å². The van der Waals surface area contributed by atoms with Gasteiger partial charge >= 0.3 is 0 Å². The number of benzene rings is 6. The molecule has 4 heteroatoms. The van der Waals surface area contributed by atoms with Gasteiger partial charge in [0.2, 0.25) is 0 Å². The lowest BCUT2D eigenvalue weighted by molar-refractivity contribution is 1.03. The van der Waals surface area contributed by atoms with Crippen LogP contribution in [0, 0.1) is 0 Å². The molecule has 4 aromatic heterocycles. The number of allylic oxidation sites excluding steroid dienone is 5. The fraction of sp³-hybridized carbons (Fsp3) is 0.0800. The first kappa shape index (κ1) is 31.2. The lowest BCUT2D eigenvalue weighted by Gasteiger charge is -2.16. The van der Waals surface area contributed by atoms with Crippen LogP contribution in [0.5, 0.6) is 0 Å². The normalized spacial score (nSPS) is 13.7. The molecule has 4 heterocycles. The molecule has 11 rings (SSSR count). The number of thiophene rings is 1. The van der Waals surface area contributed by atoms with Crippen molar-refractivity contribution in [1.29, 1.82) is 0 Å². The zero-order valence-electron chi connectivity index (χ0n) is 30.3. The Hall–Kier alpha value is -6.36. The van der Waals surface area contributed by atoms with E-state index in [2.05, 4.69) is 191 Å². The average molecular weight is 712 g/mol. The van der Waals surface area contributed by atoms with Gasteiger partial charge in [-0.25, -0.2) is 0 Å². The minimum atomic E-state index is 1.04. The SMILES string of the molecule is C/C=C\C=C(/C)n1c2ccccc2c2c3cc(C4=Cc5c(sc6ccccc56)CC4)ccc3n(-c3cccc(-n4c5ccccc5c5ccccc54)c3)c21. The third-order valence-electron chi connectivity index (χ3n) is 11.4. The maximum absolute atomic E-state index is 2.50. The van der Waals surface area contributed by atoms with Crippen LogP contribution >= 0.6 is 11.3 Å². The molecule has 258 valence electrons. The van der Waals surface area contributed by atoms with Crippen LogP contribution in [0.3, 0.4) is 0 Å². The monoisotopic (exact) mass is 711 g/mol. The molecular weight excluding hydrogens is 675 g/mol. The van der Waals surface area contributed by atoms with Crippen LogP contribution in [0.25, 0.3) is 93.5 Å². The summed E-state index contributed by atoms with van der Waals surface area (Å²) >= 11 is 1.95. The average Bonchev–Trinajstić information content (AvgIpc) is 3.95. The zero-order valence-corrected chi connectivity index (χ0v) is 31.1. The predicted molar refractivity (Wildman–Crippen MR) is 233 cm³/mol. The Bertz CT molecular complexity index is 3190. The minimum Gasteiger partial charge on any atom is -0.309 e. The second-order valence-corrected chi connectivity index (χ2v) is 15.6. The number of nitrogens with zero attached hydrogens (tertiary/aromatic N) is 3. The lowest BCUT2D eigenvalue weighted by atomic mass is 9.91. The molecule has 0 saturated heterocycles. The van der Waals surface area contributed by atoms with E-state index in [1.54, 1.807) is 0 Å². The van der Waals surface area contributed by atoms with Crippen LogP contribution in [-0.2, 0) is 6.42 Å². The van der Waals surface area contributed by atoms with Gasteiger partial charge in [-0.2, -0.15) is 0 Å². The van der Waals surface area contributed by atoms with Crippen LogP contribution in [0.2, 0.25) is 0 Å². The van der Waals surface area contributed by atoms with Gasteiger partial charge in [-0.05, 0) is 116 Å². The summed E-state index contributed by atoms with van der Waals surface area (Å²) in [5, 5.41) is 7.74. The first-order valence-electron chi connectivity index (χ1n) is 18.9. The van der Waals surface area contributed by atoms with Crippen molar-refractivity contribution in [2.45, 2.75) is 26.7 Å². The molecule has 0 N–H and O–H groups in total. The molecule has 0 aliphatic heterocycles. The smallest absolute Gasteiger partial charge is 0.131 e. The first-order chi connectivity index (χ1) is 26.7. The number of aryl methyl sites for hydroxylation is 1. The standard InChI is InChI=1S/C50H37N3S/c1-3-4-14-32(2)51-45-23-11-7-20-40(45)49-42-30-33(34-26-28-48-41(29-34)39-19-8-12-24-47(39)54-48)25-27-46(42)53(50(49)51)36-16-13-15-35(31-36)52-43-21-9-5-17-37(43)38-18-6-10-22-44(38)52/h3-25,27,29-31H,26,28H2,1-2H3/b4-3-,32-14+. The maximum atomic E-state index is 2.50. The summed E-state index contributed by atoms with van der Waals surface area (Å²) in [6.07, 6.45) is 11.1. The number of fused-ring (bicyclic) bond motifs is 11. The van der Waals surface area contributed by atoms with E-state index in [0.717, 1.165) is 24.2 Å². The van der Waals surface area contributed by atoms with Gasteiger partial charge < -0.3 is 4.57 Å². The summed E-state index contributed by atoms with van der Waals surface area (Å²) in [6, 6.07) is 51.6. The van der Waals surface area contributed by atoms with Gasteiger partial charge in [0.25, 0.3) is 0 Å². The van der Waals surface area contributed by atoms with Crippen LogP contribution in [-0.4, -0.2) is 13.7 Å². The molecule has 0 atom stereocenters. The summed E-state index contributed by atoms with van der Waals surface area (Å²) in [5.41, 5.74) is 13.6. The van der Waals surface area contributed by atoms with E-state index in [-0.39, 0.29) is 0 Å². The Labute approximate surface area is 317 Å². The number of para-hydroxylation sites is 3. The maximum Gasteiger partial charge on any atom is 0.131 e. The molecule has 0 bridgehead atoms. The van der Waals surface area contributed by atoms with Gasteiger partial charge in [0, 0.05) is 53.6 Å². The van der Waals surface area contributed by atoms with Crippen molar-refractivity contribution in [3.63, 3.8) is 0 Å². The topological polar surface area (TPSA) is 14.8 Å². The molecule has 0 fully saturated rings. The van der Waals surface area contributed by atoms with Gasteiger partial charge in [-0.1, -0.05) is 97.1 Å². The van der Waals surface area contributed by atoms with Crippen molar-refractivity contribution < 1.29 is 0 Å². The number of hydrogen-bond acceptors (Lipinski definition) is 1. The van der Waals surface area contributed by atoms with Crippen molar-refractivity contribution in [2.75, 3.05) is 0 Å². The Morgan fingerprint density at radius 2 is 1.24 bits per heavy atom. The highest BCUT2D eigenvalue weighted by atomic mass is 32.1. The molecule has 10 aromatic rings. The highest BCUT2D eigenvalue weighted by Gasteiger charge is 2.24. The van der Waals surface area contributed by atoms with Crippen molar-refractivity contribution >= 4 is 93.4 Å². The van der Waals surface area contributed by atoms with Crippen molar-refractivity contribution in [2.24, 2.45) is 0 Å². The van der Waals surface area contributed by atoms with Crippen LogP contribution < -0.4 is 0 Å². The van der Waals surface area contributed by atoms with Crippen LogP contribution in [0.15, 0.2) is 158 Å². The molecule has 0 spiro atoms. The molecule has 0 saturated carbocycles. The van der Waals surface area contributed by atoms with Crippen LogP contribution in [0.1, 0.15) is 36.3 Å². The molecular formula is C50H37N3S. The zero-order chi connectivity index (χ0) is 35.9. The summed E-state index contributed by atoms with van der Waals surface area (Å²) in [5.74, 6) is 0. The van der Waals surface area contributed by atoms with Crippen LogP contribution in [0.4, 0.5) is 0 Å². The third kappa shape index (κ3) is 4.53. The molecule has 3 nitrogen and oxygen atoms in total. The summed E-state index contributed by atoms with van der Waals surface area (Å²) in [6.45, 7) is 4.30. The molecule has 0 unspecified atom stereocenters. The Morgan fingerprint density at radius 3 is 2.00 bits per heavy atom. The molecule has 1 aliphatic carbocycles. The number of rotatable bonds is 5. The van der Waals surface area contributed by atoms with E-state index in [1.807, 2.05) is 11.3 Å². The highest BCUT2D eigenvalue weighted by molar-refractivity contribution is 7.19. The fourth-order valence-electron chi connectivity index (χ4n) is 9.03. The Kier molecular flexibility index (Phi) is 6.98. The van der Waals surface area contributed by atoms with Gasteiger partial charge in [-0.3, -0.25) is 9.13 Å². The Morgan fingerprint density at radius 1 is 0.593 bits per heavy atom. The molecule has 1 aliphatic rings. The number of hydrogen-bond donors (Lipinski definition) is 0. The number of aromatic nitrogens is 3. The fourth-order valence-corrected chi connectivity index (χ4v) is 10.2. The first-order valence-corrected chi connectivity index (χ1v) is 19.7. The summed E-state index contributed by atoms with van der Waals surface area (Å²) < 4.78 is 8.76. The summed E-state index contributed by atoms with van der Waals surface area (Å²) in [4.78, 5) is 1.50. The molecule has 54 heavy (non-hydrogen) atoms. The Balaban J connectivity index is 1.20.